The number of carbonyl (C=O) groups is 2. The molecular weight excluding hydrogens is 356 g/mol. The molecule has 0 aliphatic rings. The van der Waals surface area contributed by atoms with E-state index in [1.54, 1.807) is 29.8 Å². The Bertz CT molecular complexity index is 996. The standard InChI is InChI=1S/C21H24N4O3/c1-4-14(2)23-20(26)18-16-10-7-8-12-25(16)19(24-18)21(27)22-13-15-9-5-6-11-17(15)28-3/h5-12,14H,4,13H2,1-3H3,(H,22,27)(H,23,26). The fourth-order valence-electron chi connectivity index (χ4n) is 2.86. The molecular formula is C21H24N4O3. The highest BCUT2D eigenvalue weighted by Gasteiger charge is 2.22. The number of nitrogens with one attached hydrogen (secondary N) is 2. The van der Waals surface area contributed by atoms with Gasteiger partial charge in [0.15, 0.2) is 5.69 Å². The van der Waals surface area contributed by atoms with Crippen molar-refractivity contribution < 1.29 is 14.3 Å². The molecule has 1 aromatic carbocycles. The summed E-state index contributed by atoms with van der Waals surface area (Å²) in [7, 11) is 1.59. The molecule has 7 nitrogen and oxygen atoms in total. The number of fused-ring (bicyclic) bond motifs is 1. The molecule has 7 heteroatoms. The fraction of sp³-hybridized carbons (Fsp3) is 0.286. The summed E-state index contributed by atoms with van der Waals surface area (Å²) >= 11 is 0. The molecule has 28 heavy (non-hydrogen) atoms. The highest BCUT2D eigenvalue weighted by atomic mass is 16.5. The van der Waals surface area contributed by atoms with Crippen molar-refractivity contribution in [1.82, 2.24) is 20.0 Å². The molecule has 2 amide bonds. The van der Waals surface area contributed by atoms with Crippen molar-refractivity contribution in [2.24, 2.45) is 0 Å². The number of carbonyl (C=O) groups excluding carboxylic acids is 2. The van der Waals surface area contributed by atoms with E-state index in [2.05, 4.69) is 15.6 Å². The third-order valence-electron chi connectivity index (χ3n) is 4.59. The number of amides is 2. The smallest absolute Gasteiger partial charge is 0.287 e. The van der Waals surface area contributed by atoms with Gasteiger partial charge in [-0.15, -0.1) is 0 Å². The monoisotopic (exact) mass is 380 g/mol. The lowest BCUT2D eigenvalue weighted by molar-refractivity contribution is 0.0936. The quantitative estimate of drug-likeness (QED) is 0.660. The number of methoxy groups -OCH3 is 1. The molecule has 0 aliphatic carbocycles. The van der Waals surface area contributed by atoms with Crippen LogP contribution in [0, 0.1) is 0 Å². The molecule has 0 saturated heterocycles. The van der Waals surface area contributed by atoms with Crippen LogP contribution in [0.1, 0.15) is 46.9 Å². The van der Waals surface area contributed by atoms with Gasteiger partial charge in [0.1, 0.15) is 5.75 Å². The first kappa shape index (κ1) is 19.4. The molecule has 0 saturated carbocycles. The van der Waals surface area contributed by atoms with Crippen molar-refractivity contribution in [2.75, 3.05) is 7.11 Å². The van der Waals surface area contributed by atoms with Gasteiger partial charge < -0.3 is 15.4 Å². The second kappa shape index (κ2) is 8.56. The summed E-state index contributed by atoms with van der Waals surface area (Å²) in [5, 5.41) is 5.75. The molecule has 0 radical (unpaired) electrons. The highest BCUT2D eigenvalue weighted by molar-refractivity contribution is 6.02. The number of para-hydroxylation sites is 1. The average molecular weight is 380 g/mol. The van der Waals surface area contributed by atoms with Gasteiger partial charge in [0.25, 0.3) is 11.8 Å². The van der Waals surface area contributed by atoms with Gasteiger partial charge >= 0.3 is 0 Å². The van der Waals surface area contributed by atoms with Crippen molar-refractivity contribution >= 4 is 17.3 Å². The Morgan fingerprint density at radius 1 is 1.14 bits per heavy atom. The summed E-state index contributed by atoms with van der Waals surface area (Å²) < 4.78 is 6.94. The Hall–Kier alpha value is -3.35. The van der Waals surface area contributed by atoms with E-state index in [4.69, 9.17) is 4.74 Å². The summed E-state index contributed by atoms with van der Waals surface area (Å²) in [6.45, 7) is 4.21. The fourth-order valence-corrected chi connectivity index (χ4v) is 2.86. The van der Waals surface area contributed by atoms with Crippen LogP contribution >= 0.6 is 0 Å². The minimum atomic E-state index is -0.366. The predicted molar refractivity (Wildman–Crippen MR) is 107 cm³/mol. The molecule has 2 heterocycles. The number of imidazole rings is 1. The number of ether oxygens (including phenoxy) is 1. The molecule has 0 spiro atoms. The lowest BCUT2D eigenvalue weighted by Crippen LogP contribution is -2.32. The van der Waals surface area contributed by atoms with Crippen LogP contribution in [-0.4, -0.2) is 34.4 Å². The van der Waals surface area contributed by atoms with Crippen molar-refractivity contribution in [3.05, 3.63) is 65.7 Å². The zero-order valence-corrected chi connectivity index (χ0v) is 16.2. The maximum Gasteiger partial charge on any atom is 0.287 e. The molecule has 2 aromatic heterocycles. The van der Waals surface area contributed by atoms with Crippen LogP contribution in [0.3, 0.4) is 0 Å². The molecule has 2 N–H and O–H groups in total. The third-order valence-corrected chi connectivity index (χ3v) is 4.59. The van der Waals surface area contributed by atoms with Crippen LogP contribution in [0.5, 0.6) is 5.75 Å². The first-order valence-corrected chi connectivity index (χ1v) is 9.23. The van der Waals surface area contributed by atoms with Crippen LogP contribution < -0.4 is 15.4 Å². The molecule has 3 aromatic rings. The van der Waals surface area contributed by atoms with Crippen LogP contribution in [0.25, 0.3) is 5.52 Å². The zero-order valence-electron chi connectivity index (χ0n) is 16.2. The SMILES string of the molecule is CCC(C)NC(=O)c1nc(C(=O)NCc2ccccc2OC)n2ccccc12. The lowest BCUT2D eigenvalue weighted by atomic mass is 10.2. The summed E-state index contributed by atoms with van der Waals surface area (Å²) in [4.78, 5) is 29.7. The number of hydrogen-bond donors (Lipinski definition) is 2. The van der Waals surface area contributed by atoms with Gasteiger partial charge in [0.2, 0.25) is 5.82 Å². The van der Waals surface area contributed by atoms with Crippen LogP contribution in [0.15, 0.2) is 48.7 Å². The molecule has 1 atom stereocenters. The second-order valence-corrected chi connectivity index (χ2v) is 6.52. The van der Waals surface area contributed by atoms with E-state index in [-0.39, 0.29) is 29.4 Å². The van der Waals surface area contributed by atoms with E-state index in [0.29, 0.717) is 17.8 Å². The Morgan fingerprint density at radius 2 is 1.89 bits per heavy atom. The Labute approximate surface area is 163 Å². The maximum absolute atomic E-state index is 12.8. The predicted octanol–water partition coefficient (Wildman–Crippen LogP) is 2.80. The van der Waals surface area contributed by atoms with Crippen molar-refractivity contribution in [2.45, 2.75) is 32.9 Å². The van der Waals surface area contributed by atoms with Crippen LogP contribution in [0.4, 0.5) is 0 Å². The Morgan fingerprint density at radius 3 is 2.64 bits per heavy atom. The van der Waals surface area contributed by atoms with E-state index in [0.717, 1.165) is 12.0 Å². The highest BCUT2D eigenvalue weighted by Crippen LogP contribution is 2.18. The molecule has 3 rings (SSSR count). The minimum absolute atomic E-state index is 0.0239. The van der Waals surface area contributed by atoms with E-state index in [9.17, 15) is 9.59 Å². The van der Waals surface area contributed by atoms with Gasteiger partial charge in [-0.05, 0) is 31.5 Å². The van der Waals surface area contributed by atoms with E-state index >= 15 is 0 Å². The van der Waals surface area contributed by atoms with E-state index < -0.39 is 0 Å². The van der Waals surface area contributed by atoms with Crippen LogP contribution in [0.2, 0.25) is 0 Å². The number of aromatic nitrogens is 2. The van der Waals surface area contributed by atoms with Gasteiger partial charge in [-0.25, -0.2) is 4.98 Å². The van der Waals surface area contributed by atoms with Crippen LogP contribution in [-0.2, 0) is 6.54 Å². The summed E-state index contributed by atoms with van der Waals surface area (Å²) in [5.41, 5.74) is 1.68. The second-order valence-electron chi connectivity index (χ2n) is 6.52. The van der Waals surface area contributed by atoms with Crippen molar-refractivity contribution in [1.29, 1.82) is 0 Å². The number of hydrogen-bond acceptors (Lipinski definition) is 4. The number of rotatable bonds is 7. The Balaban J connectivity index is 1.86. The van der Waals surface area contributed by atoms with E-state index in [1.807, 2.05) is 44.2 Å². The largest absolute Gasteiger partial charge is 0.496 e. The normalized spacial score (nSPS) is 11.8. The molecule has 0 bridgehead atoms. The average Bonchev–Trinajstić information content (AvgIpc) is 3.12. The van der Waals surface area contributed by atoms with Crippen molar-refractivity contribution in [3.63, 3.8) is 0 Å². The Kier molecular flexibility index (Phi) is 5.93. The van der Waals surface area contributed by atoms with Gasteiger partial charge in [0, 0.05) is 24.3 Å². The zero-order chi connectivity index (χ0) is 20.1. The van der Waals surface area contributed by atoms with Gasteiger partial charge in [-0.1, -0.05) is 31.2 Å². The maximum atomic E-state index is 12.8. The molecule has 146 valence electrons. The number of nitrogens with zero attached hydrogens (tertiary/aromatic N) is 2. The van der Waals surface area contributed by atoms with Gasteiger partial charge in [0.05, 0.1) is 12.6 Å². The minimum Gasteiger partial charge on any atom is -0.496 e. The topological polar surface area (TPSA) is 84.7 Å². The summed E-state index contributed by atoms with van der Waals surface area (Å²) in [6, 6.07) is 12.9. The van der Waals surface area contributed by atoms with Crippen molar-refractivity contribution in [3.8, 4) is 5.75 Å². The molecule has 1 unspecified atom stereocenters. The third kappa shape index (κ3) is 3.98. The molecule has 0 fully saturated rings. The first-order chi connectivity index (χ1) is 13.5. The lowest BCUT2D eigenvalue weighted by Gasteiger charge is -2.09. The van der Waals surface area contributed by atoms with E-state index in [1.165, 1.54) is 0 Å². The first-order valence-electron chi connectivity index (χ1n) is 9.23. The summed E-state index contributed by atoms with van der Waals surface area (Å²) in [5.74, 6) is 0.209. The number of benzene rings is 1. The number of pyridine rings is 1. The molecule has 0 aliphatic heterocycles. The van der Waals surface area contributed by atoms with Gasteiger partial charge in [-0.3, -0.25) is 14.0 Å². The van der Waals surface area contributed by atoms with Gasteiger partial charge in [-0.2, -0.15) is 0 Å². The summed E-state index contributed by atoms with van der Waals surface area (Å²) in [6.07, 6.45) is 2.53.